The fraction of sp³-hybridized carbons (Fsp3) is 0. The SMILES string of the molecule is O=[N+]([O-])c1ccc(C=Nc2ccc(-c3cc(-c4ccc(N=Cc5ccc([N+](=O)[O-])cc5)cc4)nc(-c4ccccc4)n3)cc2)cc1. The topological polar surface area (TPSA) is 137 Å². The molecule has 10 nitrogen and oxygen atoms in total. The molecule has 46 heavy (non-hydrogen) atoms. The smallest absolute Gasteiger partial charge is 0.258 e. The molecule has 0 N–H and O–H groups in total. The molecule has 0 saturated heterocycles. The second-order valence-electron chi connectivity index (χ2n) is 10.1. The Kier molecular flexibility index (Phi) is 8.51. The fourth-order valence-corrected chi connectivity index (χ4v) is 4.56. The van der Waals surface area contributed by atoms with Crippen LogP contribution in [0.3, 0.4) is 0 Å². The molecule has 0 saturated carbocycles. The Bertz CT molecular complexity index is 1930. The molecule has 222 valence electrons. The van der Waals surface area contributed by atoms with E-state index in [1.54, 1.807) is 36.7 Å². The summed E-state index contributed by atoms with van der Waals surface area (Å²) in [7, 11) is 0. The lowest BCUT2D eigenvalue weighted by atomic mass is 10.1. The van der Waals surface area contributed by atoms with E-state index >= 15 is 0 Å². The van der Waals surface area contributed by atoms with Crippen molar-refractivity contribution in [2.24, 2.45) is 9.98 Å². The summed E-state index contributed by atoms with van der Waals surface area (Å²) < 4.78 is 0. The van der Waals surface area contributed by atoms with Crippen molar-refractivity contribution in [1.82, 2.24) is 9.97 Å². The zero-order valence-corrected chi connectivity index (χ0v) is 24.2. The number of aliphatic imine (C=N–C) groups is 2. The van der Waals surface area contributed by atoms with Crippen molar-refractivity contribution in [1.29, 1.82) is 0 Å². The summed E-state index contributed by atoms with van der Waals surface area (Å²) in [5.41, 5.74) is 7.18. The van der Waals surface area contributed by atoms with E-state index in [1.807, 2.05) is 84.9 Å². The average Bonchev–Trinajstić information content (AvgIpc) is 3.11. The Morgan fingerprint density at radius 1 is 0.500 bits per heavy atom. The summed E-state index contributed by atoms with van der Waals surface area (Å²) >= 11 is 0. The normalized spacial score (nSPS) is 11.2. The van der Waals surface area contributed by atoms with Gasteiger partial charge in [-0.3, -0.25) is 30.2 Å². The van der Waals surface area contributed by atoms with Gasteiger partial charge in [0.05, 0.1) is 32.6 Å². The number of hydrogen-bond donors (Lipinski definition) is 0. The van der Waals surface area contributed by atoms with Gasteiger partial charge in [-0.15, -0.1) is 0 Å². The monoisotopic (exact) mass is 604 g/mol. The molecule has 1 heterocycles. The van der Waals surface area contributed by atoms with Crippen molar-refractivity contribution >= 4 is 35.2 Å². The number of benzene rings is 5. The van der Waals surface area contributed by atoms with Crippen molar-refractivity contribution in [3.63, 3.8) is 0 Å². The van der Waals surface area contributed by atoms with E-state index in [2.05, 4.69) is 9.98 Å². The summed E-state index contributed by atoms with van der Waals surface area (Å²) in [5.74, 6) is 0.591. The van der Waals surface area contributed by atoms with E-state index in [0.717, 1.165) is 50.6 Å². The number of rotatable bonds is 9. The lowest BCUT2D eigenvalue weighted by molar-refractivity contribution is -0.385. The zero-order chi connectivity index (χ0) is 31.9. The molecule has 0 amide bonds. The summed E-state index contributed by atoms with van der Waals surface area (Å²) in [6.45, 7) is 0. The maximum absolute atomic E-state index is 10.9. The van der Waals surface area contributed by atoms with Crippen molar-refractivity contribution in [2.75, 3.05) is 0 Å². The van der Waals surface area contributed by atoms with E-state index in [9.17, 15) is 20.2 Å². The third-order valence-electron chi connectivity index (χ3n) is 7.02. The highest BCUT2D eigenvalue weighted by atomic mass is 16.6. The third kappa shape index (κ3) is 7.09. The van der Waals surface area contributed by atoms with Crippen LogP contribution in [-0.4, -0.2) is 32.2 Å². The second-order valence-corrected chi connectivity index (χ2v) is 10.1. The maximum Gasteiger partial charge on any atom is 0.269 e. The van der Waals surface area contributed by atoms with Crippen LogP contribution < -0.4 is 0 Å². The van der Waals surface area contributed by atoms with Gasteiger partial charge in [0.15, 0.2) is 5.82 Å². The Balaban J connectivity index is 1.25. The number of nitro benzene ring substituents is 2. The van der Waals surface area contributed by atoms with Crippen LogP contribution >= 0.6 is 0 Å². The van der Waals surface area contributed by atoms with Gasteiger partial charge in [0, 0.05) is 53.4 Å². The second kappa shape index (κ2) is 13.3. The summed E-state index contributed by atoms with van der Waals surface area (Å²) in [6.07, 6.45) is 3.32. The molecule has 1 aromatic heterocycles. The van der Waals surface area contributed by atoms with Gasteiger partial charge in [-0.25, -0.2) is 9.97 Å². The Morgan fingerprint density at radius 2 is 0.913 bits per heavy atom. The van der Waals surface area contributed by atoms with Crippen LogP contribution in [-0.2, 0) is 0 Å². The first-order valence-electron chi connectivity index (χ1n) is 14.1. The number of hydrogen-bond acceptors (Lipinski definition) is 8. The minimum atomic E-state index is -0.433. The summed E-state index contributed by atoms with van der Waals surface area (Å²) in [5, 5.41) is 21.8. The first-order chi connectivity index (χ1) is 22.4. The number of nitro groups is 2. The molecule has 0 fully saturated rings. The van der Waals surface area contributed by atoms with Gasteiger partial charge in [0.1, 0.15) is 0 Å². The fourth-order valence-electron chi connectivity index (χ4n) is 4.56. The zero-order valence-electron chi connectivity index (χ0n) is 24.2. The number of aromatic nitrogens is 2. The molecular formula is C36H24N6O4. The van der Waals surface area contributed by atoms with Gasteiger partial charge in [-0.05, 0) is 65.7 Å². The first-order valence-corrected chi connectivity index (χ1v) is 14.1. The van der Waals surface area contributed by atoms with E-state index in [4.69, 9.17) is 9.97 Å². The summed E-state index contributed by atoms with van der Waals surface area (Å²) in [4.78, 5) is 39.7. The van der Waals surface area contributed by atoms with Crippen molar-refractivity contribution in [3.8, 4) is 33.9 Å². The van der Waals surface area contributed by atoms with Gasteiger partial charge in [-0.1, -0.05) is 54.6 Å². The molecule has 0 aliphatic carbocycles. The van der Waals surface area contributed by atoms with E-state index in [-0.39, 0.29) is 11.4 Å². The standard InChI is InChI=1S/C36H24N6O4/c43-41(44)32-18-6-25(7-19-32)23-37-30-14-10-27(11-15-30)34-22-35(40-36(39-34)29-4-2-1-3-5-29)28-12-16-31(17-13-28)38-24-26-8-20-33(21-9-26)42(45)46/h1-24H. The van der Waals surface area contributed by atoms with E-state index < -0.39 is 9.85 Å². The highest BCUT2D eigenvalue weighted by Crippen LogP contribution is 2.29. The van der Waals surface area contributed by atoms with Gasteiger partial charge in [-0.2, -0.15) is 0 Å². The lowest BCUT2D eigenvalue weighted by Crippen LogP contribution is -1.95. The quantitative estimate of drug-likeness (QED) is 0.0919. The minimum absolute atomic E-state index is 0.0322. The molecule has 0 spiro atoms. The van der Waals surface area contributed by atoms with Crippen molar-refractivity contribution < 1.29 is 9.85 Å². The molecule has 0 atom stereocenters. The van der Waals surface area contributed by atoms with E-state index in [0.29, 0.717) is 5.82 Å². The highest BCUT2D eigenvalue weighted by Gasteiger charge is 2.11. The average molecular weight is 605 g/mol. The molecule has 6 rings (SSSR count). The van der Waals surface area contributed by atoms with Gasteiger partial charge in [0.25, 0.3) is 11.4 Å². The number of non-ortho nitro benzene ring substituents is 2. The van der Waals surface area contributed by atoms with Crippen LogP contribution in [0.2, 0.25) is 0 Å². The van der Waals surface area contributed by atoms with Gasteiger partial charge < -0.3 is 0 Å². The van der Waals surface area contributed by atoms with Crippen LogP contribution in [0.4, 0.5) is 22.7 Å². The van der Waals surface area contributed by atoms with Crippen LogP contribution in [0.1, 0.15) is 11.1 Å². The largest absolute Gasteiger partial charge is 0.269 e. The Hall–Kier alpha value is -6.68. The summed E-state index contributed by atoms with van der Waals surface area (Å²) in [6, 6.07) is 39.4. The minimum Gasteiger partial charge on any atom is -0.258 e. The molecule has 0 aliphatic rings. The molecule has 0 radical (unpaired) electrons. The first kappa shape index (κ1) is 29.4. The van der Waals surface area contributed by atoms with Crippen LogP contribution in [0.15, 0.2) is 143 Å². The Morgan fingerprint density at radius 3 is 1.30 bits per heavy atom. The predicted molar refractivity (Wildman–Crippen MR) is 179 cm³/mol. The molecule has 0 aliphatic heterocycles. The molecule has 0 bridgehead atoms. The lowest BCUT2D eigenvalue weighted by Gasteiger charge is -2.10. The van der Waals surface area contributed by atoms with Crippen molar-refractivity contribution in [2.45, 2.75) is 0 Å². The molecule has 5 aromatic carbocycles. The molecule has 0 unspecified atom stereocenters. The van der Waals surface area contributed by atoms with E-state index in [1.165, 1.54) is 24.3 Å². The van der Waals surface area contributed by atoms with Crippen LogP contribution in [0, 0.1) is 20.2 Å². The van der Waals surface area contributed by atoms with Gasteiger partial charge >= 0.3 is 0 Å². The Labute approximate surface area is 263 Å². The highest BCUT2D eigenvalue weighted by molar-refractivity contribution is 5.83. The van der Waals surface area contributed by atoms with Gasteiger partial charge in [0.2, 0.25) is 0 Å². The molecule has 10 heteroatoms. The molecular weight excluding hydrogens is 580 g/mol. The van der Waals surface area contributed by atoms with Crippen LogP contribution in [0.25, 0.3) is 33.9 Å². The molecule has 6 aromatic rings. The number of nitrogens with zero attached hydrogens (tertiary/aromatic N) is 6. The van der Waals surface area contributed by atoms with Crippen LogP contribution in [0.5, 0.6) is 0 Å². The third-order valence-corrected chi connectivity index (χ3v) is 7.02. The predicted octanol–water partition coefficient (Wildman–Crippen LogP) is 8.80. The van der Waals surface area contributed by atoms with Crippen molar-refractivity contribution in [3.05, 3.63) is 165 Å². The maximum atomic E-state index is 10.9.